The number of benzene rings is 2. The number of halogens is 1. The third-order valence-electron chi connectivity index (χ3n) is 3.70. The van der Waals surface area contributed by atoms with E-state index in [0.29, 0.717) is 41.7 Å². The molecule has 7 heteroatoms. The topological polar surface area (TPSA) is 77.2 Å². The number of amides is 1. The molecule has 0 spiro atoms. The van der Waals surface area contributed by atoms with Crippen LogP contribution in [0.4, 0.5) is 5.69 Å². The number of carbonyl (C=O) groups is 1. The third kappa shape index (κ3) is 4.83. The molecule has 1 amide bonds. The molecule has 0 bridgehead atoms. The number of carbonyl (C=O) groups excluding carboxylic acids is 1. The maximum atomic E-state index is 12.0. The normalized spacial score (nSPS) is 10.5. The van der Waals surface area contributed by atoms with Gasteiger partial charge in [-0.1, -0.05) is 35.0 Å². The lowest BCUT2D eigenvalue weighted by Crippen LogP contribution is -2.11. The third-order valence-corrected chi connectivity index (χ3v) is 3.93. The molecule has 0 saturated carbocycles. The highest BCUT2D eigenvalue weighted by Gasteiger charge is 2.10. The first-order valence-corrected chi connectivity index (χ1v) is 8.54. The van der Waals surface area contributed by atoms with Crippen molar-refractivity contribution in [2.75, 3.05) is 12.4 Å². The molecular formula is C19H18ClN3O3. The summed E-state index contributed by atoms with van der Waals surface area (Å²) in [5, 5.41) is 7.37. The largest absolute Gasteiger partial charge is 0.497 e. The molecule has 1 heterocycles. The lowest BCUT2D eigenvalue weighted by molar-refractivity contribution is -0.116. The SMILES string of the molecule is COc1cccc(-c2noc(CCCC(=O)Nc3cccc(Cl)c3)n2)c1. The summed E-state index contributed by atoms with van der Waals surface area (Å²) in [7, 11) is 1.61. The zero-order valence-corrected chi connectivity index (χ0v) is 15.0. The molecule has 0 fully saturated rings. The van der Waals surface area contributed by atoms with Gasteiger partial charge in [0.15, 0.2) is 0 Å². The van der Waals surface area contributed by atoms with E-state index < -0.39 is 0 Å². The van der Waals surface area contributed by atoms with Gasteiger partial charge in [0, 0.05) is 29.1 Å². The van der Waals surface area contributed by atoms with E-state index >= 15 is 0 Å². The summed E-state index contributed by atoms with van der Waals surface area (Å²) < 4.78 is 10.4. The minimum atomic E-state index is -0.0835. The first kappa shape index (κ1) is 17.9. The van der Waals surface area contributed by atoms with E-state index in [1.165, 1.54) is 0 Å². The number of methoxy groups -OCH3 is 1. The molecule has 0 saturated heterocycles. The summed E-state index contributed by atoms with van der Waals surface area (Å²) in [5.74, 6) is 1.65. The van der Waals surface area contributed by atoms with Crippen LogP contribution in [-0.4, -0.2) is 23.2 Å². The maximum Gasteiger partial charge on any atom is 0.226 e. The molecule has 134 valence electrons. The summed E-state index contributed by atoms with van der Waals surface area (Å²) in [4.78, 5) is 16.3. The number of hydrogen-bond acceptors (Lipinski definition) is 5. The van der Waals surface area contributed by atoms with Gasteiger partial charge in [0.2, 0.25) is 17.6 Å². The number of aryl methyl sites for hydroxylation is 1. The molecule has 2 aromatic carbocycles. The highest BCUT2D eigenvalue weighted by Crippen LogP contribution is 2.21. The lowest BCUT2D eigenvalue weighted by atomic mass is 10.2. The van der Waals surface area contributed by atoms with Crippen molar-refractivity contribution in [3.05, 3.63) is 59.4 Å². The molecule has 0 atom stereocenters. The molecule has 0 aliphatic rings. The summed E-state index contributed by atoms with van der Waals surface area (Å²) >= 11 is 5.90. The van der Waals surface area contributed by atoms with Crippen molar-refractivity contribution in [3.63, 3.8) is 0 Å². The van der Waals surface area contributed by atoms with Crippen LogP contribution in [0.15, 0.2) is 53.1 Å². The Balaban J connectivity index is 1.51. The molecule has 0 unspecified atom stereocenters. The van der Waals surface area contributed by atoms with Crippen molar-refractivity contribution in [2.45, 2.75) is 19.3 Å². The van der Waals surface area contributed by atoms with Gasteiger partial charge in [0.05, 0.1) is 7.11 Å². The monoisotopic (exact) mass is 371 g/mol. The zero-order valence-electron chi connectivity index (χ0n) is 14.2. The molecule has 0 radical (unpaired) electrons. The molecule has 3 aromatic rings. The number of rotatable bonds is 7. The van der Waals surface area contributed by atoms with Crippen molar-refractivity contribution in [1.82, 2.24) is 10.1 Å². The van der Waals surface area contributed by atoms with E-state index in [2.05, 4.69) is 15.5 Å². The summed E-state index contributed by atoms with van der Waals surface area (Å²) in [6, 6.07) is 14.5. The van der Waals surface area contributed by atoms with Crippen LogP contribution in [-0.2, 0) is 11.2 Å². The van der Waals surface area contributed by atoms with E-state index in [0.717, 1.165) is 11.3 Å². The fourth-order valence-electron chi connectivity index (χ4n) is 2.43. The van der Waals surface area contributed by atoms with Crippen molar-refractivity contribution in [1.29, 1.82) is 0 Å². The van der Waals surface area contributed by atoms with Gasteiger partial charge in [-0.2, -0.15) is 4.98 Å². The van der Waals surface area contributed by atoms with Gasteiger partial charge in [-0.15, -0.1) is 0 Å². The van der Waals surface area contributed by atoms with Crippen LogP contribution in [0.1, 0.15) is 18.7 Å². The number of anilines is 1. The average molecular weight is 372 g/mol. The predicted octanol–water partition coefficient (Wildman–Crippen LogP) is 4.36. The number of ether oxygens (including phenoxy) is 1. The van der Waals surface area contributed by atoms with Crippen molar-refractivity contribution < 1.29 is 14.1 Å². The first-order chi connectivity index (χ1) is 12.6. The lowest BCUT2D eigenvalue weighted by Gasteiger charge is -2.04. The minimum absolute atomic E-state index is 0.0835. The van der Waals surface area contributed by atoms with Gasteiger partial charge in [-0.25, -0.2) is 0 Å². The van der Waals surface area contributed by atoms with Crippen molar-refractivity contribution in [2.24, 2.45) is 0 Å². The van der Waals surface area contributed by atoms with Crippen molar-refractivity contribution >= 4 is 23.2 Å². The van der Waals surface area contributed by atoms with E-state index in [1.807, 2.05) is 24.3 Å². The summed E-state index contributed by atoms with van der Waals surface area (Å²) in [6.07, 6.45) is 1.48. The Morgan fingerprint density at radius 3 is 2.88 bits per heavy atom. The highest BCUT2D eigenvalue weighted by molar-refractivity contribution is 6.30. The second kappa shape index (κ2) is 8.49. The van der Waals surface area contributed by atoms with Crippen LogP contribution in [0.2, 0.25) is 5.02 Å². The maximum absolute atomic E-state index is 12.0. The molecular weight excluding hydrogens is 354 g/mol. The number of hydrogen-bond donors (Lipinski definition) is 1. The Bertz CT molecular complexity index is 895. The molecule has 1 N–H and O–H groups in total. The van der Waals surface area contributed by atoms with Crippen LogP contribution in [0.5, 0.6) is 5.75 Å². The Morgan fingerprint density at radius 1 is 1.23 bits per heavy atom. The second-order valence-electron chi connectivity index (χ2n) is 5.66. The number of aromatic nitrogens is 2. The Labute approximate surface area is 156 Å². The quantitative estimate of drug-likeness (QED) is 0.667. The standard InChI is InChI=1S/C19H18ClN3O3/c1-25-16-8-2-5-13(11-16)19-22-18(26-23-19)10-4-9-17(24)21-15-7-3-6-14(20)12-15/h2-3,5-8,11-12H,4,9-10H2,1H3,(H,21,24). The van der Waals surface area contributed by atoms with E-state index in [4.69, 9.17) is 20.9 Å². The average Bonchev–Trinajstić information content (AvgIpc) is 3.11. The smallest absolute Gasteiger partial charge is 0.226 e. The summed E-state index contributed by atoms with van der Waals surface area (Å²) in [6.45, 7) is 0. The minimum Gasteiger partial charge on any atom is -0.497 e. The Morgan fingerprint density at radius 2 is 2.08 bits per heavy atom. The van der Waals surface area contributed by atoms with Gasteiger partial charge in [-0.3, -0.25) is 4.79 Å². The number of nitrogens with zero attached hydrogens (tertiary/aromatic N) is 2. The summed E-state index contributed by atoms with van der Waals surface area (Å²) in [5.41, 5.74) is 1.50. The zero-order chi connectivity index (χ0) is 18.4. The van der Waals surface area contributed by atoms with E-state index in [1.54, 1.807) is 31.4 Å². The molecule has 3 rings (SSSR count). The van der Waals surface area contributed by atoms with E-state index in [-0.39, 0.29) is 5.91 Å². The van der Waals surface area contributed by atoms with Crippen LogP contribution >= 0.6 is 11.6 Å². The van der Waals surface area contributed by atoms with Crippen LogP contribution in [0.25, 0.3) is 11.4 Å². The van der Waals surface area contributed by atoms with Crippen molar-refractivity contribution in [3.8, 4) is 17.1 Å². The molecule has 0 aliphatic carbocycles. The first-order valence-electron chi connectivity index (χ1n) is 8.16. The van der Waals surface area contributed by atoms with Gasteiger partial charge >= 0.3 is 0 Å². The molecule has 1 aromatic heterocycles. The van der Waals surface area contributed by atoms with Crippen LogP contribution in [0.3, 0.4) is 0 Å². The van der Waals surface area contributed by atoms with Crippen LogP contribution in [0, 0.1) is 0 Å². The van der Waals surface area contributed by atoms with Gasteiger partial charge in [-0.05, 0) is 36.8 Å². The Kier molecular flexibility index (Phi) is 5.86. The van der Waals surface area contributed by atoms with Crippen LogP contribution < -0.4 is 10.1 Å². The molecule has 26 heavy (non-hydrogen) atoms. The fourth-order valence-corrected chi connectivity index (χ4v) is 2.62. The van der Waals surface area contributed by atoms with Gasteiger partial charge < -0.3 is 14.6 Å². The fraction of sp³-hybridized carbons (Fsp3) is 0.211. The second-order valence-corrected chi connectivity index (χ2v) is 6.09. The highest BCUT2D eigenvalue weighted by atomic mass is 35.5. The van der Waals surface area contributed by atoms with Gasteiger partial charge in [0.25, 0.3) is 0 Å². The van der Waals surface area contributed by atoms with Gasteiger partial charge in [0.1, 0.15) is 5.75 Å². The predicted molar refractivity (Wildman–Crippen MR) is 99.3 cm³/mol. The molecule has 0 aliphatic heterocycles. The molecule has 6 nitrogen and oxygen atoms in total. The van der Waals surface area contributed by atoms with E-state index in [9.17, 15) is 4.79 Å². The Hall–Kier alpha value is -2.86. The number of nitrogens with one attached hydrogen (secondary N) is 1.